The molecule has 0 amide bonds. The van der Waals surface area contributed by atoms with Gasteiger partial charge in [-0.2, -0.15) is 5.10 Å². The molecule has 0 aliphatic heterocycles. The van der Waals surface area contributed by atoms with Gasteiger partial charge in [0.2, 0.25) is 0 Å². The van der Waals surface area contributed by atoms with Gasteiger partial charge in [0.15, 0.2) is 5.82 Å². The molecule has 0 aliphatic rings. The Kier molecular flexibility index (Phi) is 3.69. The molecule has 0 saturated carbocycles. The Morgan fingerprint density at radius 3 is 2.83 bits per heavy atom. The van der Waals surface area contributed by atoms with Crippen LogP contribution in [-0.2, 0) is 0 Å². The van der Waals surface area contributed by atoms with Gasteiger partial charge in [-0.15, -0.1) is 10.2 Å². The van der Waals surface area contributed by atoms with E-state index in [0.29, 0.717) is 27.4 Å². The average molecular weight is 285 g/mol. The van der Waals surface area contributed by atoms with E-state index in [2.05, 4.69) is 20.7 Å². The topological polar surface area (TPSA) is 81.1 Å². The Hall–Kier alpha value is -1.79. The van der Waals surface area contributed by atoms with Crippen LogP contribution in [0.2, 0.25) is 10.0 Å². The van der Waals surface area contributed by atoms with Crippen molar-refractivity contribution in [1.82, 2.24) is 14.9 Å². The number of hydrazone groups is 1. The summed E-state index contributed by atoms with van der Waals surface area (Å²) < 4.78 is 1.29. The fraction of sp³-hybridized carbons (Fsp3) is 0.100. The predicted octanol–water partition coefficient (Wildman–Crippen LogP) is 2.05. The Bertz CT molecular complexity index is 592. The van der Waals surface area contributed by atoms with Crippen molar-refractivity contribution >= 4 is 35.4 Å². The highest BCUT2D eigenvalue weighted by Crippen LogP contribution is 2.24. The SMILES string of the molecule is Cc1nnc(N/N=C/c2cccc(Cl)c2Cl)n1N. The van der Waals surface area contributed by atoms with Crippen LogP contribution in [0.5, 0.6) is 0 Å². The van der Waals surface area contributed by atoms with Crippen LogP contribution in [0.25, 0.3) is 0 Å². The Morgan fingerprint density at radius 1 is 1.39 bits per heavy atom. The first-order valence-corrected chi connectivity index (χ1v) is 5.75. The molecule has 0 saturated heterocycles. The van der Waals surface area contributed by atoms with Crippen molar-refractivity contribution in [1.29, 1.82) is 0 Å². The lowest BCUT2D eigenvalue weighted by atomic mass is 10.2. The summed E-state index contributed by atoms with van der Waals surface area (Å²) in [4.78, 5) is 0. The maximum atomic E-state index is 6.00. The second-order valence-corrected chi connectivity index (χ2v) is 4.24. The second-order valence-electron chi connectivity index (χ2n) is 3.45. The minimum Gasteiger partial charge on any atom is -0.335 e. The summed E-state index contributed by atoms with van der Waals surface area (Å²) in [5, 5.41) is 12.4. The van der Waals surface area contributed by atoms with Crippen molar-refractivity contribution in [3.8, 4) is 0 Å². The number of nitrogens with one attached hydrogen (secondary N) is 1. The van der Waals surface area contributed by atoms with E-state index in [1.807, 2.05) is 0 Å². The summed E-state index contributed by atoms with van der Waals surface area (Å²) in [6.07, 6.45) is 1.53. The van der Waals surface area contributed by atoms with E-state index in [-0.39, 0.29) is 0 Å². The molecule has 1 aromatic carbocycles. The molecule has 0 aliphatic carbocycles. The summed E-state index contributed by atoms with van der Waals surface area (Å²) >= 11 is 11.9. The van der Waals surface area contributed by atoms with E-state index in [0.717, 1.165) is 0 Å². The lowest BCUT2D eigenvalue weighted by molar-refractivity contribution is 0.926. The van der Waals surface area contributed by atoms with Crippen molar-refractivity contribution in [3.63, 3.8) is 0 Å². The molecular weight excluding hydrogens is 275 g/mol. The van der Waals surface area contributed by atoms with E-state index in [1.165, 1.54) is 10.9 Å². The number of halogens is 2. The minimum absolute atomic E-state index is 0.335. The zero-order valence-electron chi connectivity index (χ0n) is 9.43. The summed E-state index contributed by atoms with van der Waals surface area (Å²) in [5.41, 5.74) is 3.35. The number of nitrogens with zero attached hydrogens (tertiary/aromatic N) is 4. The number of hydrogen-bond acceptors (Lipinski definition) is 5. The molecule has 0 fully saturated rings. The fourth-order valence-electron chi connectivity index (χ4n) is 1.23. The number of benzene rings is 1. The molecule has 0 spiro atoms. The molecule has 1 aromatic heterocycles. The molecule has 6 nitrogen and oxygen atoms in total. The third kappa shape index (κ3) is 2.55. The number of nitrogens with two attached hydrogens (primary N) is 1. The Balaban J connectivity index is 2.12. The van der Waals surface area contributed by atoms with Gasteiger partial charge in [0.25, 0.3) is 5.95 Å². The van der Waals surface area contributed by atoms with E-state index in [1.54, 1.807) is 25.1 Å². The molecule has 0 unspecified atom stereocenters. The van der Waals surface area contributed by atoms with Gasteiger partial charge in [-0.05, 0) is 13.0 Å². The minimum atomic E-state index is 0.335. The molecule has 2 aromatic rings. The van der Waals surface area contributed by atoms with Crippen molar-refractivity contribution in [3.05, 3.63) is 39.6 Å². The molecule has 18 heavy (non-hydrogen) atoms. The third-order valence-electron chi connectivity index (χ3n) is 2.22. The van der Waals surface area contributed by atoms with E-state index >= 15 is 0 Å². The number of aryl methyl sites for hydroxylation is 1. The van der Waals surface area contributed by atoms with Crippen molar-refractivity contribution in [2.45, 2.75) is 6.92 Å². The van der Waals surface area contributed by atoms with Crippen molar-refractivity contribution in [2.24, 2.45) is 5.10 Å². The van der Waals surface area contributed by atoms with Gasteiger partial charge >= 0.3 is 0 Å². The summed E-state index contributed by atoms with van der Waals surface area (Å²) in [6, 6.07) is 5.28. The second kappa shape index (κ2) is 5.24. The van der Waals surface area contributed by atoms with Gasteiger partial charge in [-0.3, -0.25) is 0 Å². The zero-order valence-corrected chi connectivity index (χ0v) is 10.9. The van der Waals surface area contributed by atoms with Gasteiger partial charge < -0.3 is 5.84 Å². The van der Waals surface area contributed by atoms with Gasteiger partial charge in [0, 0.05) is 5.56 Å². The first kappa shape index (κ1) is 12.7. The van der Waals surface area contributed by atoms with Crippen LogP contribution >= 0.6 is 23.2 Å². The highest BCUT2D eigenvalue weighted by molar-refractivity contribution is 6.43. The fourth-order valence-corrected chi connectivity index (χ4v) is 1.58. The van der Waals surface area contributed by atoms with E-state index in [4.69, 9.17) is 29.0 Å². The van der Waals surface area contributed by atoms with Crippen LogP contribution in [0.4, 0.5) is 5.95 Å². The highest BCUT2D eigenvalue weighted by Gasteiger charge is 2.04. The molecule has 0 bridgehead atoms. The standard InChI is InChI=1S/C10H10Cl2N6/c1-6-15-17-10(18(6)13)16-14-5-7-3-2-4-8(11)9(7)12/h2-5H,13H2,1H3,(H,16,17)/b14-5+. The third-order valence-corrected chi connectivity index (χ3v) is 3.05. The average Bonchev–Trinajstić information content (AvgIpc) is 2.66. The molecule has 94 valence electrons. The largest absolute Gasteiger partial charge is 0.335 e. The molecule has 8 heteroatoms. The summed E-state index contributed by atoms with van der Waals surface area (Å²) in [6.45, 7) is 1.73. The monoisotopic (exact) mass is 284 g/mol. The molecule has 0 radical (unpaired) electrons. The smallest absolute Gasteiger partial charge is 0.263 e. The van der Waals surface area contributed by atoms with Crippen LogP contribution in [0.15, 0.2) is 23.3 Å². The van der Waals surface area contributed by atoms with Gasteiger partial charge in [0.1, 0.15) is 0 Å². The van der Waals surface area contributed by atoms with Crippen LogP contribution in [-0.4, -0.2) is 21.1 Å². The summed E-state index contributed by atoms with van der Waals surface area (Å²) in [7, 11) is 0. The van der Waals surface area contributed by atoms with Crippen LogP contribution < -0.4 is 11.3 Å². The highest BCUT2D eigenvalue weighted by atomic mass is 35.5. The number of hydrogen-bond donors (Lipinski definition) is 2. The molecular formula is C10H10Cl2N6. The molecule has 1 heterocycles. The van der Waals surface area contributed by atoms with Gasteiger partial charge in [-0.1, -0.05) is 35.3 Å². The van der Waals surface area contributed by atoms with Crippen molar-refractivity contribution < 1.29 is 0 Å². The van der Waals surface area contributed by atoms with Gasteiger partial charge in [-0.25, -0.2) is 10.1 Å². The van der Waals surface area contributed by atoms with Crippen LogP contribution in [0.3, 0.4) is 0 Å². The molecule has 2 rings (SSSR count). The summed E-state index contributed by atoms with van der Waals surface area (Å²) in [5.74, 6) is 6.56. The number of nitrogen functional groups attached to an aromatic ring is 1. The van der Waals surface area contributed by atoms with E-state index in [9.17, 15) is 0 Å². The molecule has 0 atom stereocenters. The maximum Gasteiger partial charge on any atom is 0.263 e. The first-order valence-electron chi connectivity index (χ1n) is 5.00. The molecule has 3 N–H and O–H groups in total. The lowest BCUT2D eigenvalue weighted by Gasteiger charge is -2.01. The zero-order chi connectivity index (χ0) is 13.1. The maximum absolute atomic E-state index is 6.00. The van der Waals surface area contributed by atoms with Crippen LogP contribution in [0, 0.1) is 6.92 Å². The van der Waals surface area contributed by atoms with E-state index < -0.39 is 0 Å². The predicted molar refractivity (Wildman–Crippen MR) is 72.6 cm³/mol. The Labute approximate surface area is 113 Å². The van der Waals surface area contributed by atoms with Crippen molar-refractivity contribution in [2.75, 3.05) is 11.3 Å². The quantitative estimate of drug-likeness (QED) is 0.514. The number of anilines is 1. The lowest BCUT2D eigenvalue weighted by Crippen LogP contribution is -2.13. The first-order chi connectivity index (χ1) is 8.59. The number of aromatic nitrogens is 3. The normalized spacial score (nSPS) is 11.1. The number of rotatable bonds is 3. The van der Waals surface area contributed by atoms with Crippen LogP contribution in [0.1, 0.15) is 11.4 Å². The Morgan fingerprint density at radius 2 is 2.17 bits per heavy atom. The van der Waals surface area contributed by atoms with Gasteiger partial charge in [0.05, 0.1) is 16.3 Å².